The van der Waals surface area contributed by atoms with E-state index in [1.165, 1.54) is 0 Å². The van der Waals surface area contributed by atoms with E-state index in [1.807, 2.05) is 29.2 Å². The van der Waals surface area contributed by atoms with E-state index in [-0.39, 0.29) is 30.3 Å². The molecule has 1 aromatic carbocycles. The fraction of sp³-hybridized carbons (Fsp3) is 0.500. The van der Waals surface area contributed by atoms with E-state index in [9.17, 15) is 4.79 Å². The molecule has 20 heavy (non-hydrogen) atoms. The maximum atomic E-state index is 12.6. The van der Waals surface area contributed by atoms with Crippen molar-refractivity contribution in [1.82, 2.24) is 4.90 Å². The predicted molar refractivity (Wildman–Crippen MR) is 77.3 cm³/mol. The van der Waals surface area contributed by atoms with Crippen LogP contribution in [0.15, 0.2) is 24.3 Å². The van der Waals surface area contributed by atoms with Gasteiger partial charge in [-0.05, 0) is 6.07 Å². The lowest BCUT2D eigenvalue weighted by Crippen LogP contribution is -2.49. The van der Waals surface area contributed by atoms with Crippen molar-refractivity contribution in [2.24, 2.45) is 5.73 Å². The summed E-state index contributed by atoms with van der Waals surface area (Å²) in [6, 6.07) is 7.73. The SMILES string of the molecule is Cl.NCC1CN(C(=O)C2COc3ccccc32)CCO1. The van der Waals surface area contributed by atoms with Gasteiger partial charge in [0.05, 0.1) is 12.7 Å². The van der Waals surface area contributed by atoms with E-state index in [1.54, 1.807) is 0 Å². The van der Waals surface area contributed by atoms with Crippen molar-refractivity contribution in [3.8, 4) is 5.75 Å². The predicted octanol–water partition coefficient (Wildman–Crippen LogP) is 0.770. The zero-order valence-electron chi connectivity index (χ0n) is 11.2. The molecule has 2 aliphatic heterocycles. The highest BCUT2D eigenvalue weighted by Crippen LogP contribution is 2.34. The summed E-state index contributed by atoms with van der Waals surface area (Å²) in [4.78, 5) is 14.4. The molecule has 2 heterocycles. The molecular weight excluding hydrogens is 280 g/mol. The van der Waals surface area contributed by atoms with Crippen LogP contribution in [0.4, 0.5) is 0 Å². The first kappa shape index (κ1) is 15.1. The molecule has 1 aromatic rings. The third-order valence-electron chi connectivity index (χ3n) is 3.71. The Morgan fingerprint density at radius 1 is 1.40 bits per heavy atom. The summed E-state index contributed by atoms with van der Waals surface area (Å²) >= 11 is 0. The van der Waals surface area contributed by atoms with Gasteiger partial charge in [-0.2, -0.15) is 0 Å². The minimum atomic E-state index is -0.187. The van der Waals surface area contributed by atoms with Gasteiger partial charge in [0.15, 0.2) is 0 Å². The van der Waals surface area contributed by atoms with Crippen LogP contribution in [-0.2, 0) is 9.53 Å². The number of para-hydroxylation sites is 1. The summed E-state index contributed by atoms with van der Waals surface area (Å²) in [6.45, 7) is 2.65. The molecule has 1 amide bonds. The number of carbonyl (C=O) groups excluding carboxylic acids is 1. The maximum Gasteiger partial charge on any atom is 0.233 e. The molecular formula is C14H19ClN2O3. The summed E-state index contributed by atoms with van der Waals surface area (Å²) in [5, 5.41) is 0. The Labute approximate surface area is 124 Å². The van der Waals surface area contributed by atoms with Crippen molar-refractivity contribution in [3.63, 3.8) is 0 Å². The van der Waals surface area contributed by atoms with Crippen LogP contribution in [0.1, 0.15) is 11.5 Å². The maximum absolute atomic E-state index is 12.6. The van der Waals surface area contributed by atoms with Gasteiger partial charge in [0.25, 0.3) is 0 Å². The highest BCUT2D eigenvalue weighted by atomic mass is 35.5. The third-order valence-corrected chi connectivity index (χ3v) is 3.71. The van der Waals surface area contributed by atoms with Gasteiger partial charge in [0.1, 0.15) is 18.3 Å². The molecule has 1 saturated heterocycles. The molecule has 5 nitrogen and oxygen atoms in total. The van der Waals surface area contributed by atoms with E-state index in [2.05, 4.69) is 0 Å². The Kier molecular flexibility index (Phi) is 4.86. The molecule has 0 saturated carbocycles. The van der Waals surface area contributed by atoms with Gasteiger partial charge >= 0.3 is 0 Å². The number of hydrogen-bond acceptors (Lipinski definition) is 4. The molecule has 0 radical (unpaired) electrons. The molecule has 0 aliphatic carbocycles. The molecule has 3 rings (SSSR count). The molecule has 0 spiro atoms. The standard InChI is InChI=1S/C14H18N2O3.ClH/c15-7-10-8-16(5-6-18-10)14(17)12-9-19-13-4-2-1-3-11(12)13;/h1-4,10,12H,5-9,15H2;1H. The number of amides is 1. The number of morpholine rings is 1. The normalized spacial score (nSPS) is 24.6. The fourth-order valence-electron chi connectivity index (χ4n) is 2.65. The third kappa shape index (κ3) is 2.75. The molecule has 2 aliphatic rings. The molecule has 110 valence electrons. The zero-order chi connectivity index (χ0) is 13.2. The number of nitrogens with zero attached hydrogens (tertiary/aromatic N) is 1. The van der Waals surface area contributed by atoms with Crippen LogP contribution in [0.25, 0.3) is 0 Å². The van der Waals surface area contributed by atoms with Crippen LogP contribution >= 0.6 is 12.4 Å². The first-order valence-electron chi connectivity index (χ1n) is 6.62. The Hall–Kier alpha value is -1.30. The number of ether oxygens (including phenoxy) is 2. The summed E-state index contributed by atoms with van der Waals surface area (Å²) in [6.07, 6.45) is -0.0461. The Bertz CT molecular complexity index is 483. The summed E-state index contributed by atoms with van der Waals surface area (Å²) in [7, 11) is 0. The number of hydrogen-bond donors (Lipinski definition) is 1. The number of fused-ring (bicyclic) bond motifs is 1. The minimum Gasteiger partial charge on any atom is -0.492 e. The van der Waals surface area contributed by atoms with Crippen molar-refractivity contribution in [1.29, 1.82) is 0 Å². The van der Waals surface area contributed by atoms with Gasteiger partial charge in [-0.1, -0.05) is 18.2 Å². The van der Waals surface area contributed by atoms with Gasteiger partial charge in [0, 0.05) is 25.2 Å². The van der Waals surface area contributed by atoms with Crippen molar-refractivity contribution < 1.29 is 14.3 Å². The van der Waals surface area contributed by atoms with Gasteiger partial charge < -0.3 is 20.1 Å². The average molecular weight is 299 g/mol. The van der Waals surface area contributed by atoms with E-state index >= 15 is 0 Å². The molecule has 1 fully saturated rings. The largest absolute Gasteiger partial charge is 0.492 e. The van der Waals surface area contributed by atoms with Crippen molar-refractivity contribution >= 4 is 18.3 Å². The van der Waals surface area contributed by atoms with Crippen LogP contribution in [0.2, 0.25) is 0 Å². The summed E-state index contributed by atoms with van der Waals surface area (Å²) in [5.41, 5.74) is 6.60. The smallest absolute Gasteiger partial charge is 0.233 e. The number of rotatable bonds is 2. The molecule has 6 heteroatoms. The quantitative estimate of drug-likeness (QED) is 0.876. The second kappa shape index (κ2) is 6.43. The van der Waals surface area contributed by atoms with Crippen molar-refractivity contribution in [2.45, 2.75) is 12.0 Å². The zero-order valence-corrected chi connectivity index (χ0v) is 12.0. The molecule has 0 bridgehead atoms. The second-order valence-corrected chi connectivity index (χ2v) is 4.91. The van der Waals surface area contributed by atoms with Crippen LogP contribution in [0.3, 0.4) is 0 Å². The number of nitrogens with two attached hydrogens (primary N) is 1. The summed E-state index contributed by atoms with van der Waals surface area (Å²) in [5.74, 6) is 0.754. The molecule has 2 N–H and O–H groups in total. The Morgan fingerprint density at radius 3 is 3.00 bits per heavy atom. The average Bonchev–Trinajstić information content (AvgIpc) is 2.90. The van der Waals surface area contributed by atoms with E-state index in [0.717, 1.165) is 11.3 Å². The fourth-order valence-corrected chi connectivity index (χ4v) is 2.65. The monoisotopic (exact) mass is 298 g/mol. The highest BCUT2D eigenvalue weighted by Gasteiger charge is 2.35. The minimum absolute atomic E-state index is 0. The van der Waals surface area contributed by atoms with Crippen molar-refractivity contribution in [2.75, 3.05) is 32.8 Å². The molecule has 2 unspecified atom stereocenters. The van der Waals surface area contributed by atoms with Gasteiger partial charge in [-0.3, -0.25) is 4.79 Å². The topological polar surface area (TPSA) is 64.8 Å². The Balaban J connectivity index is 0.00000147. The van der Waals surface area contributed by atoms with Gasteiger partial charge in [-0.15, -0.1) is 12.4 Å². The second-order valence-electron chi connectivity index (χ2n) is 4.91. The van der Waals surface area contributed by atoms with Crippen molar-refractivity contribution in [3.05, 3.63) is 29.8 Å². The number of carbonyl (C=O) groups is 1. The lowest BCUT2D eigenvalue weighted by atomic mass is 9.99. The van der Waals surface area contributed by atoms with Gasteiger partial charge in [-0.25, -0.2) is 0 Å². The van der Waals surface area contributed by atoms with Gasteiger partial charge in [0.2, 0.25) is 5.91 Å². The van der Waals surface area contributed by atoms with E-state index in [4.69, 9.17) is 15.2 Å². The highest BCUT2D eigenvalue weighted by molar-refractivity contribution is 5.86. The number of benzene rings is 1. The first-order valence-corrected chi connectivity index (χ1v) is 6.62. The number of halogens is 1. The van der Waals surface area contributed by atoms with E-state index < -0.39 is 0 Å². The van der Waals surface area contributed by atoms with Crippen LogP contribution in [-0.4, -0.2) is 49.8 Å². The van der Waals surface area contributed by atoms with Crippen LogP contribution in [0, 0.1) is 0 Å². The van der Waals surface area contributed by atoms with Crippen LogP contribution in [0.5, 0.6) is 5.75 Å². The lowest BCUT2D eigenvalue weighted by Gasteiger charge is -2.33. The van der Waals surface area contributed by atoms with E-state index in [0.29, 0.717) is 32.8 Å². The van der Waals surface area contributed by atoms with Crippen LogP contribution < -0.4 is 10.5 Å². The molecule has 2 atom stereocenters. The Morgan fingerprint density at radius 2 is 2.20 bits per heavy atom. The lowest BCUT2D eigenvalue weighted by molar-refractivity contribution is -0.140. The summed E-state index contributed by atoms with van der Waals surface area (Å²) < 4.78 is 11.1. The molecule has 0 aromatic heterocycles. The first-order chi connectivity index (χ1) is 9.29.